The van der Waals surface area contributed by atoms with E-state index in [0.717, 1.165) is 6.42 Å². The molecule has 10 heteroatoms. The van der Waals surface area contributed by atoms with Crippen LogP contribution in [0.1, 0.15) is 18.1 Å². The molecule has 1 aromatic carbocycles. The fourth-order valence-corrected chi connectivity index (χ4v) is 4.40. The molecule has 5 heterocycles. The van der Waals surface area contributed by atoms with Gasteiger partial charge in [-0.15, -0.1) is 11.3 Å². The molecule has 2 aromatic heterocycles. The first-order chi connectivity index (χ1) is 12.9. The highest BCUT2D eigenvalue weighted by molar-refractivity contribution is 7.13. The molecule has 0 spiro atoms. The minimum Gasteiger partial charge on any atom is -0.423 e. The average molecular weight is 396 g/mol. The quantitative estimate of drug-likeness (QED) is 0.709. The van der Waals surface area contributed by atoms with E-state index in [2.05, 4.69) is 15.3 Å². The number of halogens is 3. The van der Waals surface area contributed by atoms with E-state index in [0.29, 0.717) is 35.7 Å². The topological polar surface area (TPSA) is 74.4 Å². The van der Waals surface area contributed by atoms with Crippen molar-refractivity contribution >= 4 is 28.5 Å². The van der Waals surface area contributed by atoms with Gasteiger partial charge in [-0.25, -0.2) is 4.98 Å². The smallest absolute Gasteiger partial charge is 0.418 e. The van der Waals surface area contributed by atoms with E-state index in [1.54, 1.807) is 11.6 Å². The van der Waals surface area contributed by atoms with E-state index in [1.807, 2.05) is 4.90 Å². The van der Waals surface area contributed by atoms with Gasteiger partial charge in [0, 0.05) is 42.3 Å². The number of hydrogen-bond donors (Lipinski definition) is 2. The first-order valence-corrected chi connectivity index (χ1v) is 9.37. The Balaban J connectivity index is 1.65. The number of hydrogen-bond acceptors (Lipinski definition) is 7. The van der Waals surface area contributed by atoms with Crippen LogP contribution in [0.3, 0.4) is 0 Å². The van der Waals surface area contributed by atoms with Crippen molar-refractivity contribution < 1.29 is 22.7 Å². The van der Waals surface area contributed by atoms with Crippen molar-refractivity contribution in [1.82, 2.24) is 15.3 Å². The Kier molecular flexibility index (Phi) is 3.72. The van der Waals surface area contributed by atoms with Crippen LogP contribution in [0.2, 0.25) is 0 Å². The molecular weight excluding hydrogens is 381 g/mol. The zero-order valence-electron chi connectivity index (χ0n) is 13.9. The molecule has 142 valence electrons. The summed E-state index contributed by atoms with van der Waals surface area (Å²) < 4.78 is 45.3. The van der Waals surface area contributed by atoms with Gasteiger partial charge in [0.25, 0.3) is 6.01 Å². The van der Waals surface area contributed by atoms with Crippen LogP contribution in [0.5, 0.6) is 0 Å². The predicted octanol–water partition coefficient (Wildman–Crippen LogP) is 3.10. The number of fused-ring (bicyclic) bond motifs is 3. The Hall–Kier alpha value is -2.17. The second-order valence-electron chi connectivity index (χ2n) is 6.86. The molecule has 6 rings (SSSR count). The summed E-state index contributed by atoms with van der Waals surface area (Å²) >= 11 is 1.36. The van der Waals surface area contributed by atoms with Gasteiger partial charge in [-0.1, -0.05) is 6.07 Å². The number of aromatic nitrogens is 2. The molecule has 0 aliphatic carbocycles. The number of piperazine rings is 1. The van der Waals surface area contributed by atoms with Gasteiger partial charge < -0.3 is 19.7 Å². The number of alkyl halides is 3. The van der Waals surface area contributed by atoms with Crippen molar-refractivity contribution in [3.05, 3.63) is 29.3 Å². The molecule has 0 saturated carbocycles. The summed E-state index contributed by atoms with van der Waals surface area (Å²) in [5, 5.41) is 15.6. The van der Waals surface area contributed by atoms with E-state index in [4.69, 9.17) is 4.42 Å². The van der Waals surface area contributed by atoms with Gasteiger partial charge in [0.2, 0.25) is 0 Å². The fraction of sp³-hybridized carbons (Fsp3) is 0.412. The van der Waals surface area contributed by atoms with Gasteiger partial charge in [0.15, 0.2) is 11.7 Å². The zero-order valence-corrected chi connectivity index (χ0v) is 14.7. The van der Waals surface area contributed by atoms with Crippen LogP contribution in [-0.2, 0) is 0 Å². The number of aliphatic hydroxyl groups excluding tert-OH is 1. The van der Waals surface area contributed by atoms with Crippen LogP contribution in [0.4, 0.5) is 19.2 Å². The Bertz CT molecular complexity index is 972. The third-order valence-corrected chi connectivity index (χ3v) is 5.83. The maximum atomic E-state index is 13.1. The average Bonchev–Trinajstić information content (AvgIpc) is 3.29. The number of oxazole rings is 1. The molecular formula is C17H15F3N4O2S. The maximum Gasteiger partial charge on any atom is 0.418 e. The lowest BCUT2D eigenvalue weighted by Crippen LogP contribution is -2.67. The summed E-state index contributed by atoms with van der Waals surface area (Å²) in [6.45, 7) is 1.38. The zero-order chi connectivity index (χ0) is 18.8. The fourth-order valence-electron chi connectivity index (χ4n) is 3.74. The van der Waals surface area contributed by atoms with E-state index in [-0.39, 0.29) is 22.7 Å². The van der Waals surface area contributed by atoms with Crippen LogP contribution in [0, 0.1) is 0 Å². The first kappa shape index (κ1) is 17.0. The number of thiazole rings is 1. The Morgan fingerprint density at radius 3 is 2.67 bits per heavy atom. The van der Waals surface area contributed by atoms with Gasteiger partial charge in [-0.05, 0) is 12.5 Å². The lowest BCUT2D eigenvalue weighted by molar-refractivity contribution is -0.206. The lowest BCUT2D eigenvalue weighted by Gasteiger charge is -2.47. The molecule has 0 amide bonds. The SMILES string of the molecule is OC(c1ccc(-c2nccs2)c2oc(N3CC4CC(C3)N4)nc12)C(F)(F)F. The monoisotopic (exact) mass is 396 g/mol. The summed E-state index contributed by atoms with van der Waals surface area (Å²) in [5.74, 6) is 0. The highest BCUT2D eigenvalue weighted by Crippen LogP contribution is 2.41. The van der Waals surface area contributed by atoms with Crippen LogP contribution < -0.4 is 10.2 Å². The summed E-state index contributed by atoms with van der Waals surface area (Å²) in [4.78, 5) is 10.5. The molecule has 3 saturated heterocycles. The van der Waals surface area contributed by atoms with Gasteiger partial charge in [-0.2, -0.15) is 18.2 Å². The van der Waals surface area contributed by atoms with E-state index < -0.39 is 12.3 Å². The largest absolute Gasteiger partial charge is 0.423 e. The summed E-state index contributed by atoms with van der Waals surface area (Å²) in [7, 11) is 0. The summed E-state index contributed by atoms with van der Waals surface area (Å²) in [6.07, 6.45) is -4.71. The van der Waals surface area contributed by atoms with E-state index in [9.17, 15) is 18.3 Å². The molecule has 3 aromatic rings. The van der Waals surface area contributed by atoms with Gasteiger partial charge >= 0.3 is 6.18 Å². The predicted molar refractivity (Wildman–Crippen MR) is 93.7 cm³/mol. The molecule has 3 aliphatic heterocycles. The van der Waals surface area contributed by atoms with Gasteiger partial charge in [0.05, 0.1) is 5.56 Å². The van der Waals surface area contributed by atoms with Gasteiger partial charge in [0.1, 0.15) is 10.5 Å². The Morgan fingerprint density at radius 2 is 2.04 bits per heavy atom. The number of piperidine rings is 1. The van der Waals surface area contributed by atoms with E-state index >= 15 is 0 Å². The van der Waals surface area contributed by atoms with Crippen molar-refractivity contribution in [1.29, 1.82) is 0 Å². The van der Waals surface area contributed by atoms with Crippen molar-refractivity contribution in [3.8, 4) is 10.6 Å². The number of nitrogens with one attached hydrogen (secondary N) is 1. The minimum atomic E-state index is -4.79. The highest BCUT2D eigenvalue weighted by Gasteiger charge is 2.42. The number of rotatable bonds is 3. The van der Waals surface area contributed by atoms with Crippen molar-refractivity contribution in [2.75, 3.05) is 18.0 Å². The molecule has 0 radical (unpaired) electrons. The van der Waals surface area contributed by atoms with Crippen molar-refractivity contribution in [3.63, 3.8) is 0 Å². The highest BCUT2D eigenvalue weighted by atomic mass is 32.1. The third kappa shape index (κ3) is 2.79. The number of aliphatic hydroxyl groups is 1. The van der Waals surface area contributed by atoms with Crippen LogP contribution in [-0.4, -0.2) is 46.4 Å². The second kappa shape index (κ2) is 5.91. The van der Waals surface area contributed by atoms with Crippen LogP contribution in [0.25, 0.3) is 21.7 Å². The molecule has 6 nitrogen and oxygen atoms in total. The molecule has 2 bridgehead atoms. The Morgan fingerprint density at radius 1 is 1.30 bits per heavy atom. The first-order valence-electron chi connectivity index (χ1n) is 8.49. The molecule has 3 fully saturated rings. The Labute approximate surface area is 155 Å². The lowest BCUT2D eigenvalue weighted by atomic mass is 9.92. The summed E-state index contributed by atoms with van der Waals surface area (Å²) in [5.41, 5.74) is 0.493. The molecule has 3 atom stereocenters. The number of nitrogens with zero attached hydrogens (tertiary/aromatic N) is 3. The third-order valence-electron chi connectivity index (χ3n) is 5.02. The molecule has 3 aliphatic rings. The maximum absolute atomic E-state index is 13.1. The number of anilines is 1. The van der Waals surface area contributed by atoms with Gasteiger partial charge in [-0.3, -0.25) is 0 Å². The molecule has 3 unspecified atom stereocenters. The normalized spacial score (nSPS) is 23.5. The second-order valence-corrected chi connectivity index (χ2v) is 7.75. The number of benzene rings is 1. The van der Waals surface area contributed by atoms with Crippen LogP contribution in [0.15, 0.2) is 28.1 Å². The van der Waals surface area contributed by atoms with E-state index in [1.165, 1.54) is 23.5 Å². The van der Waals surface area contributed by atoms with Crippen molar-refractivity contribution in [2.24, 2.45) is 0 Å². The minimum absolute atomic E-state index is 0.0229. The summed E-state index contributed by atoms with van der Waals surface area (Å²) in [6, 6.07) is 3.71. The van der Waals surface area contributed by atoms with Crippen LogP contribution >= 0.6 is 11.3 Å². The molecule has 27 heavy (non-hydrogen) atoms. The standard InChI is InChI=1S/C17H15F3N4O2S/c18-17(19,20)14(25)10-1-2-11(15-21-3-4-27-15)13-12(10)23-16(26-13)24-6-8-5-9(7-24)22-8/h1-4,8-9,14,22,25H,5-7H2. The molecule has 2 N–H and O–H groups in total. The van der Waals surface area contributed by atoms with Crippen molar-refractivity contribution in [2.45, 2.75) is 30.8 Å².